The van der Waals surface area contributed by atoms with Gasteiger partial charge in [0.05, 0.1) is 37.1 Å². The van der Waals surface area contributed by atoms with Crippen molar-refractivity contribution >= 4 is 21.6 Å². The van der Waals surface area contributed by atoms with Gasteiger partial charge in [0.2, 0.25) is 0 Å². The number of aliphatic hydroxyl groups excluding tert-OH is 1. The second kappa shape index (κ2) is 7.92. The van der Waals surface area contributed by atoms with Crippen molar-refractivity contribution in [3.8, 4) is 0 Å². The van der Waals surface area contributed by atoms with Crippen LogP contribution in [0.5, 0.6) is 0 Å². The van der Waals surface area contributed by atoms with Gasteiger partial charge in [-0.3, -0.25) is 9.36 Å². The fourth-order valence-electron chi connectivity index (χ4n) is 3.70. The van der Waals surface area contributed by atoms with Crippen LogP contribution in [-0.4, -0.2) is 27.4 Å². The molecule has 0 spiro atoms. The standard InChI is InChI=1S/C21H24N2O3S/c1-2-16-10-18-20(27-16)22-13-23(21(18)25)11-15(24)12-26-19-9-5-7-14-6-3-4-8-17(14)19/h3-4,6,8,10,13,15,19,24H,2,5,7,9,11-12H2,1H3/t15-,19-/m0/s1. The maximum atomic E-state index is 12.6. The van der Waals surface area contributed by atoms with Crippen molar-refractivity contribution in [1.29, 1.82) is 0 Å². The summed E-state index contributed by atoms with van der Waals surface area (Å²) in [5.74, 6) is 0. The van der Waals surface area contributed by atoms with Crippen molar-refractivity contribution in [1.82, 2.24) is 9.55 Å². The highest BCUT2D eigenvalue weighted by atomic mass is 32.1. The largest absolute Gasteiger partial charge is 0.389 e. The van der Waals surface area contributed by atoms with Gasteiger partial charge in [-0.2, -0.15) is 0 Å². The number of aromatic nitrogens is 2. The molecule has 2 heterocycles. The van der Waals surface area contributed by atoms with Crippen molar-refractivity contribution in [3.05, 3.63) is 63.0 Å². The number of fused-ring (bicyclic) bond motifs is 2. The summed E-state index contributed by atoms with van der Waals surface area (Å²) in [5.41, 5.74) is 2.46. The minimum Gasteiger partial charge on any atom is -0.389 e. The van der Waals surface area contributed by atoms with Gasteiger partial charge in [0.15, 0.2) is 0 Å². The number of ether oxygens (including phenoxy) is 1. The summed E-state index contributed by atoms with van der Waals surface area (Å²) in [7, 11) is 0. The Hall–Kier alpha value is -2.02. The molecule has 0 fully saturated rings. The van der Waals surface area contributed by atoms with Crippen LogP contribution in [0.4, 0.5) is 0 Å². The molecule has 1 aliphatic rings. The zero-order chi connectivity index (χ0) is 18.8. The molecule has 1 aromatic carbocycles. The molecule has 0 aliphatic heterocycles. The summed E-state index contributed by atoms with van der Waals surface area (Å²) in [4.78, 5) is 18.9. The molecule has 2 aromatic heterocycles. The summed E-state index contributed by atoms with van der Waals surface area (Å²) < 4.78 is 7.49. The van der Waals surface area contributed by atoms with E-state index in [1.807, 2.05) is 12.1 Å². The van der Waals surface area contributed by atoms with E-state index in [2.05, 4.69) is 30.1 Å². The topological polar surface area (TPSA) is 64.4 Å². The maximum absolute atomic E-state index is 12.6. The Morgan fingerprint density at radius 2 is 2.26 bits per heavy atom. The fourth-order valence-corrected chi connectivity index (χ4v) is 4.63. The monoisotopic (exact) mass is 384 g/mol. The Morgan fingerprint density at radius 1 is 1.41 bits per heavy atom. The van der Waals surface area contributed by atoms with Gasteiger partial charge in [-0.1, -0.05) is 31.2 Å². The van der Waals surface area contributed by atoms with Crippen molar-refractivity contribution in [2.45, 2.75) is 51.4 Å². The van der Waals surface area contributed by atoms with E-state index in [-0.39, 0.29) is 24.8 Å². The van der Waals surface area contributed by atoms with Crippen LogP contribution >= 0.6 is 11.3 Å². The smallest absolute Gasteiger partial charge is 0.262 e. The lowest BCUT2D eigenvalue weighted by atomic mass is 9.89. The molecular weight excluding hydrogens is 360 g/mol. The third kappa shape index (κ3) is 3.83. The summed E-state index contributed by atoms with van der Waals surface area (Å²) in [6, 6.07) is 10.2. The maximum Gasteiger partial charge on any atom is 0.262 e. The van der Waals surface area contributed by atoms with Crippen LogP contribution in [0, 0.1) is 0 Å². The highest BCUT2D eigenvalue weighted by molar-refractivity contribution is 7.18. The lowest BCUT2D eigenvalue weighted by Gasteiger charge is -2.26. The lowest BCUT2D eigenvalue weighted by Crippen LogP contribution is -2.30. The predicted molar refractivity (Wildman–Crippen MR) is 107 cm³/mol. The highest BCUT2D eigenvalue weighted by Crippen LogP contribution is 2.32. The molecule has 0 unspecified atom stereocenters. The van der Waals surface area contributed by atoms with Gasteiger partial charge in [-0.05, 0) is 42.9 Å². The summed E-state index contributed by atoms with van der Waals surface area (Å²) in [5, 5.41) is 11.1. The average molecular weight is 385 g/mol. The second-order valence-corrected chi connectivity index (χ2v) is 8.17. The van der Waals surface area contributed by atoms with E-state index in [0.29, 0.717) is 5.39 Å². The molecule has 3 aromatic rings. The first-order valence-electron chi connectivity index (χ1n) is 9.51. The van der Waals surface area contributed by atoms with Gasteiger partial charge in [-0.25, -0.2) is 4.98 Å². The van der Waals surface area contributed by atoms with Gasteiger partial charge < -0.3 is 9.84 Å². The Kier molecular flexibility index (Phi) is 5.38. The molecule has 0 radical (unpaired) electrons. The van der Waals surface area contributed by atoms with Crippen LogP contribution in [0.25, 0.3) is 10.2 Å². The van der Waals surface area contributed by atoms with E-state index < -0.39 is 6.10 Å². The molecule has 0 saturated heterocycles. The van der Waals surface area contributed by atoms with Gasteiger partial charge in [0.1, 0.15) is 4.83 Å². The minimum atomic E-state index is -0.750. The van der Waals surface area contributed by atoms with Gasteiger partial charge in [-0.15, -0.1) is 11.3 Å². The van der Waals surface area contributed by atoms with Gasteiger partial charge >= 0.3 is 0 Å². The van der Waals surface area contributed by atoms with Crippen LogP contribution in [0.2, 0.25) is 0 Å². The van der Waals surface area contributed by atoms with Crippen LogP contribution in [0.3, 0.4) is 0 Å². The molecule has 0 saturated carbocycles. The number of aryl methyl sites for hydroxylation is 2. The number of nitrogens with zero attached hydrogens (tertiary/aromatic N) is 2. The molecule has 1 aliphatic carbocycles. The predicted octanol–water partition coefficient (Wildman–Crippen LogP) is 3.48. The fraction of sp³-hybridized carbons (Fsp3) is 0.429. The first-order chi connectivity index (χ1) is 13.2. The molecule has 6 heteroatoms. The van der Waals surface area contributed by atoms with Crippen LogP contribution in [0.15, 0.2) is 41.5 Å². The summed E-state index contributed by atoms with van der Waals surface area (Å²) in [6.07, 6.45) is 4.83. The van der Waals surface area contributed by atoms with E-state index in [9.17, 15) is 9.90 Å². The zero-order valence-corrected chi connectivity index (χ0v) is 16.2. The Bertz CT molecular complexity index is 995. The minimum absolute atomic E-state index is 0.0194. The molecule has 0 amide bonds. The lowest BCUT2D eigenvalue weighted by molar-refractivity contribution is -0.0228. The normalized spacial score (nSPS) is 17.8. The van der Waals surface area contributed by atoms with Crippen LogP contribution < -0.4 is 5.56 Å². The van der Waals surface area contributed by atoms with Crippen molar-refractivity contribution < 1.29 is 9.84 Å². The summed E-state index contributed by atoms with van der Waals surface area (Å²) in [6.45, 7) is 2.45. The Balaban J connectivity index is 1.43. The van der Waals surface area contributed by atoms with Crippen molar-refractivity contribution in [2.75, 3.05) is 6.61 Å². The molecule has 142 valence electrons. The second-order valence-electron chi connectivity index (χ2n) is 7.05. The van der Waals surface area contributed by atoms with Crippen LogP contribution in [0.1, 0.15) is 41.9 Å². The molecule has 4 rings (SSSR count). The van der Waals surface area contributed by atoms with Crippen molar-refractivity contribution in [2.24, 2.45) is 0 Å². The highest BCUT2D eigenvalue weighted by Gasteiger charge is 2.21. The Labute approximate surface area is 162 Å². The molecule has 27 heavy (non-hydrogen) atoms. The van der Waals surface area contributed by atoms with E-state index in [4.69, 9.17) is 4.74 Å². The van der Waals surface area contributed by atoms with Crippen LogP contribution in [-0.2, 0) is 24.1 Å². The SMILES string of the molecule is CCc1cc2c(=O)n(C[C@H](O)CO[C@H]3CCCc4ccccc43)cnc2s1. The quantitative estimate of drug-likeness (QED) is 0.707. The van der Waals surface area contributed by atoms with Gasteiger partial charge in [0.25, 0.3) is 5.56 Å². The first-order valence-corrected chi connectivity index (χ1v) is 10.3. The first kappa shape index (κ1) is 18.3. The number of aliphatic hydroxyl groups is 1. The third-order valence-corrected chi connectivity index (χ3v) is 6.32. The summed E-state index contributed by atoms with van der Waals surface area (Å²) >= 11 is 1.55. The van der Waals surface area contributed by atoms with E-state index in [1.54, 1.807) is 11.3 Å². The van der Waals surface area contributed by atoms with E-state index in [0.717, 1.165) is 35.4 Å². The van der Waals surface area contributed by atoms with E-state index in [1.165, 1.54) is 22.0 Å². The number of hydrogen-bond acceptors (Lipinski definition) is 5. The zero-order valence-electron chi connectivity index (χ0n) is 15.4. The average Bonchev–Trinajstić information content (AvgIpc) is 3.13. The third-order valence-electron chi connectivity index (χ3n) is 5.13. The van der Waals surface area contributed by atoms with Gasteiger partial charge in [0, 0.05) is 4.88 Å². The Morgan fingerprint density at radius 3 is 3.11 bits per heavy atom. The number of benzene rings is 1. The number of hydrogen-bond donors (Lipinski definition) is 1. The number of rotatable bonds is 6. The molecule has 1 N–H and O–H groups in total. The number of thiophene rings is 1. The molecule has 2 atom stereocenters. The molecule has 0 bridgehead atoms. The van der Waals surface area contributed by atoms with E-state index >= 15 is 0 Å². The molecular formula is C21H24N2O3S. The molecule has 5 nitrogen and oxygen atoms in total. The van der Waals surface area contributed by atoms with Crippen molar-refractivity contribution in [3.63, 3.8) is 0 Å².